The highest BCUT2D eigenvalue weighted by Gasteiger charge is 2.60. The van der Waals surface area contributed by atoms with E-state index < -0.39 is 38.8 Å². The molecule has 2 atom stereocenters. The summed E-state index contributed by atoms with van der Waals surface area (Å²) in [5.41, 5.74) is -0.473. The van der Waals surface area contributed by atoms with E-state index in [1.165, 1.54) is 18.9 Å². The van der Waals surface area contributed by atoms with E-state index in [1.807, 2.05) is 7.05 Å². The number of methoxy groups -OCH3 is 1. The van der Waals surface area contributed by atoms with Crippen LogP contribution in [0, 0.1) is 0 Å². The van der Waals surface area contributed by atoms with Gasteiger partial charge in [-0.3, -0.25) is 9.69 Å². The number of nitrogens with zero attached hydrogens (tertiary/aromatic N) is 3. The molecule has 1 saturated heterocycles. The molecule has 1 aromatic rings. The normalized spacial score (nSPS) is 24.0. The predicted octanol–water partition coefficient (Wildman–Crippen LogP) is 0.720. The van der Waals surface area contributed by atoms with Gasteiger partial charge in [-0.05, 0) is 26.3 Å². The quantitative estimate of drug-likeness (QED) is 0.383. The van der Waals surface area contributed by atoms with Crippen molar-refractivity contribution in [3.63, 3.8) is 0 Å². The number of sulfone groups is 1. The molecule has 0 bridgehead atoms. The van der Waals surface area contributed by atoms with Crippen molar-refractivity contribution in [2.75, 3.05) is 18.6 Å². The Morgan fingerprint density at radius 2 is 2.07 bits per heavy atom. The summed E-state index contributed by atoms with van der Waals surface area (Å²) >= 11 is 1.29. The molecule has 2 aliphatic rings. The molecule has 11 heteroatoms. The Bertz CT molecular complexity index is 944. The van der Waals surface area contributed by atoms with Crippen molar-refractivity contribution in [1.29, 1.82) is 0 Å². The number of imidazole rings is 1. The Kier molecular flexibility index (Phi) is 5.36. The van der Waals surface area contributed by atoms with Crippen LogP contribution in [0.5, 0.6) is 0 Å². The maximum atomic E-state index is 12.9. The molecule has 9 nitrogen and oxygen atoms in total. The third kappa shape index (κ3) is 3.70. The zero-order valence-electron chi connectivity index (χ0n) is 16.3. The van der Waals surface area contributed by atoms with Gasteiger partial charge < -0.3 is 14.0 Å². The standard InChI is InChI=1S/C17H23N3O6S2/c1-17(2,3)26-15(22)11-10(8-27-16-18-6-7-19(16)4)9-28(23,24)14-12(25-5)13(21)20(11)14/h6-7,12,14H,8-9H2,1-5H3/t12-,14?/m0/s1. The molecule has 0 radical (unpaired) electrons. The minimum absolute atomic E-state index is 0.00485. The van der Waals surface area contributed by atoms with Crippen LogP contribution in [0.25, 0.3) is 0 Å². The summed E-state index contributed by atoms with van der Waals surface area (Å²) in [7, 11) is -0.614. The Hall–Kier alpha value is -1.85. The molecule has 1 fully saturated rings. The Balaban J connectivity index is 2.00. The van der Waals surface area contributed by atoms with Crippen LogP contribution < -0.4 is 0 Å². The molecule has 0 aliphatic carbocycles. The van der Waals surface area contributed by atoms with Crippen molar-refractivity contribution in [1.82, 2.24) is 14.5 Å². The fourth-order valence-corrected chi connectivity index (χ4v) is 6.23. The number of aryl methyl sites for hydroxylation is 1. The topological polar surface area (TPSA) is 108 Å². The van der Waals surface area contributed by atoms with Crippen LogP contribution in [0.1, 0.15) is 20.8 Å². The largest absolute Gasteiger partial charge is 0.455 e. The van der Waals surface area contributed by atoms with Crippen LogP contribution in [-0.2, 0) is 35.9 Å². The lowest BCUT2D eigenvalue weighted by atomic mass is 10.1. The van der Waals surface area contributed by atoms with Gasteiger partial charge in [0.15, 0.2) is 26.5 Å². The summed E-state index contributed by atoms with van der Waals surface area (Å²) in [4.78, 5) is 30.6. The monoisotopic (exact) mass is 429 g/mol. The summed E-state index contributed by atoms with van der Waals surface area (Å²) in [6.45, 7) is 5.13. The van der Waals surface area contributed by atoms with Crippen LogP contribution in [-0.4, -0.2) is 70.4 Å². The minimum Gasteiger partial charge on any atom is -0.455 e. The summed E-state index contributed by atoms with van der Waals surface area (Å²) in [6, 6.07) is 0. The highest BCUT2D eigenvalue weighted by molar-refractivity contribution is 7.99. The van der Waals surface area contributed by atoms with Gasteiger partial charge in [-0.15, -0.1) is 0 Å². The van der Waals surface area contributed by atoms with E-state index in [1.54, 1.807) is 37.7 Å². The van der Waals surface area contributed by atoms with Crippen molar-refractivity contribution in [3.8, 4) is 0 Å². The van der Waals surface area contributed by atoms with Gasteiger partial charge in [-0.1, -0.05) is 11.8 Å². The van der Waals surface area contributed by atoms with Gasteiger partial charge >= 0.3 is 5.97 Å². The maximum Gasteiger partial charge on any atom is 0.355 e. The highest BCUT2D eigenvalue weighted by atomic mass is 32.2. The lowest BCUT2D eigenvalue weighted by Gasteiger charge is -2.48. The Morgan fingerprint density at radius 1 is 1.39 bits per heavy atom. The lowest BCUT2D eigenvalue weighted by molar-refractivity contribution is -0.167. The first-order valence-electron chi connectivity index (χ1n) is 8.59. The second-order valence-electron chi connectivity index (χ2n) is 7.63. The number of thioether (sulfide) groups is 1. The fourth-order valence-electron chi connectivity index (χ4n) is 3.13. The molecule has 1 aromatic heterocycles. The number of ether oxygens (including phenoxy) is 2. The second-order valence-corrected chi connectivity index (χ2v) is 10.7. The third-order valence-corrected chi connectivity index (χ3v) is 7.40. The molecule has 3 heterocycles. The predicted molar refractivity (Wildman–Crippen MR) is 102 cm³/mol. The number of hydrogen-bond acceptors (Lipinski definition) is 8. The third-order valence-electron chi connectivity index (χ3n) is 4.31. The van der Waals surface area contributed by atoms with Crippen LogP contribution in [0.15, 0.2) is 28.8 Å². The van der Waals surface area contributed by atoms with E-state index in [-0.39, 0.29) is 17.2 Å². The molecule has 2 aliphatic heterocycles. The molecule has 0 N–H and O–H groups in total. The number of fused-ring (bicyclic) bond motifs is 1. The van der Waals surface area contributed by atoms with E-state index in [4.69, 9.17) is 9.47 Å². The van der Waals surface area contributed by atoms with Crippen LogP contribution in [0.2, 0.25) is 0 Å². The van der Waals surface area contributed by atoms with Gasteiger partial charge in [-0.2, -0.15) is 0 Å². The molecule has 1 unspecified atom stereocenters. The number of carbonyl (C=O) groups excluding carboxylic acids is 2. The Morgan fingerprint density at radius 3 is 2.61 bits per heavy atom. The zero-order valence-corrected chi connectivity index (χ0v) is 18.0. The van der Waals surface area contributed by atoms with Gasteiger partial charge in [0.25, 0.3) is 5.91 Å². The summed E-state index contributed by atoms with van der Waals surface area (Å²) < 4.78 is 37.8. The lowest BCUT2D eigenvalue weighted by Crippen LogP contribution is -2.70. The van der Waals surface area contributed by atoms with E-state index >= 15 is 0 Å². The molecule has 0 spiro atoms. The fraction of sp³-hybridized carbons (Fsp3) is 0.588. The van der Waals surface area contributed by atoms with Crippen molar-refractivity contribution in [3.05, 3.63) is 23.7 Å². The average molecular weight is 430 g/mol. The number of β-lactam (4-membered cyclic amide) rings is 1. The van der Waals surface area contributed by atoms with Crippen molar-refractivity contribution >= 4 is 33.5 Å². The molecular weight excluding hydrogens is 406 g/mol. The zero-order chi connectivity index (χ0) is 20.9. The van der Waals surface area contributed by atoms with Gasteiger partial charge in [0.2, 0.25) is 0 Å². The molecule has 0 aromatic carbocycles. The molecule has 0 saturated carbocycles. The first kappa shape index (κ1) is 20.9. The molecule has 154 valence electrons. The van der Waals surface area contributed by atoms with Crippen molar-refractivity contribution in [2.45, 2.75) is 43.0 Å². The maximum absolute atomic E-state index is 12.9. The van der Waals surface area contributed by atoms with E-state index in [2.05, 4.69) is 4.98 Å². The summed E-state index contributed by atoms with van der Waals surface area (Å²) in [6.07, 6.45) is 2.29. The van der Waals surface area contributed by atoms with Crippen molar-refractivity contribution in [2.24, 2.45) is 7.05 Å². The van der Waals surface area contributed by atoms with Crippen molar-refractivity contribution < 1.29 is 27.5 Å². The van der Waals surface area contributed by atoms with Gasteiger partial charge in [0.05, 0.1) is 5.75 Å². The van der Waals surface area contributed by atoms with E-state index in [0.29, 0.717) is 10.7 Å². The SMILES string of the molecule is CO[C@H]1C(=O)N2C(C(=O)OC(C)(C)C)=C(CSc3nccn3C)CS(=O)(=O)C12. The Labute approximate surface area is 168 Å². The smallest absolute Gasteiger partial charge is 0.355 e. The first-order chi connectivity index (χ1) is 13.0. The number of carbonyl (C=O) groups is 2. The summed E-state index contributed by atoms with van der Waals surface area (Å²) in [5.74, 6) is -1.43. The van der Waals surface area contributed by atoms with Crippen LogP contribution in [0.3, 0.4) is 0 Å². The molecule has 28 heavy (non-hydrogen) atoms. The number of aromatic nitrogens is 2. The van der Waals surface area contributed by atoms with Gasteiger partial charge in [0.1, 0.15) is 11.3 Å². The number of esters is 1. The molecular formula is C17H23N3O6S2. The minimum atomic E-state index is -3.70. The van der Waals surface area contributed by atoms with Crippen LogP contribution >= 0.6 is 11.8 Å². The van der Waals surface area contributed by atoms with E-state index in [0.717, 1.165) is 4.90 Å². The number of hydrogen-bond donors (Lipinski definition) is 0. The second kappa shape index (κ2) is 7.20. The number of rotatable bonds is 5. The van der Waals surface area contributed by atoms with Crippen LogP contribution in [0.4, 0.5) is 0 Å². The summed E-state index contributed by atoms with van der Waals surface area (Å²) in [5, 5.41) is -0.533. The van der Waals surface area contributed by atoms with Gasteiger partial charge in [-0.25, -0.2) is 18.2 Å². The first-order valence-corrected chi connectivity index (χ1v) is 11.3. The molecule has 1 amide bonds. The highest BCUT2D eigenvalue weighted by Crippen LogP contribution is 2.40. The average Bonchev–Trinajstić information content (AvgIpc) is 2.96. The van der Waals surface area contributed by atoms with Gasteiger partial charge in [0, 0.05) is 32.3 Å². The molecule has 3 rings (SSSR count). The number of amides is 1. The van der Waals surface area contributed by atoms with E-state index in [9.17, 15) is 18.0 Å².